The van der Waals surface area contributed by atoms with Crippen molar-refractivity contribution in [2.24, 2.45) is 5.10 Å². The number of phenols is 1. The molecule has 3 aromatic rings. The van der Waals surface area contributed by atoms with Gasteiger partial charge in [-0.1, -0.05) is 54.6 Å². The number of benzene rings is 3. The number of phenolic OH excluding ortho intramolecular Hbond substituents is 1. The quantitative estimate of drug-likeness (QED) is 0.572. The molecule has 2 N–H and O–H groups in total. The van der Waals surface area contributed by atoms with Crippen LogP contribution in [0.25, 0.3) is 10.8 Å². The highest BCUT2D eigenvalue weighted by atomic mass is 16.3. The molecule has 0 unspecified atom stereocenters. The summed E-state index contributed by atoms with van der Waals surface area (Å²) in [6.07, 6.45) is 0. The molecule has 1 amide bonds. The van der Waals surface area contributed by atoms with E-state index in [0.717, 1.165) is 16.3 Å². The molecule has 0 bridgehead atoms. The molecule has 4 heteroatoms. The van der Waals surface area contributed by atoms with Crippen molar-refractivity contribution in [3.8, 4) is 5.75 Å². The first kappa shape index (κ1) is 14.8. The van der Waals surface area contributed by atoms with Crippen LogP contribution in [0, 0.1) is 0 Å². The highest BCUT2D eigenvalue weighted by Gasteiger charge is 2.12. The second kappa shape index (κ2) is 6.32. The van der Waals surface area contributed by atoms with E-state index in [1.54, 1.807) is 12.1 Å². The van der Waals surface area contributed by atoms with Gasteiger partial charge in [0.1, 0.15) is 5.75 Å². The van der Waals surface area contributed by atoms with Gasteiger partial charge < -0.3 is 5.11 Å². The number of nitrogens with one attached hydrogen (secondary N) is 1. The molecule has 23 heavy (non-hydrogen) atoms. The van der Waals surface area contributed by atoms with Crippen LogP contribution in [-0.2, 0) is 0 Å². The molecule has 0 aromatic heterocycles. The molecule has 3 rings (SSSR count). The molecular weight excluding hydrogens is 288 g/mol. The van der Waals surface area contributed by atoms with Crippen LogP contribution in [0.5, 0.6) is 5.75 Å². The van der Waals surface area contributed by atoms with Crippen LogP contribution >= 0.6 is 0 Å². The Hall–Kier alpha value is -3.14. The van der Waals surface area contributed by atoms with Crippen LogP contribution in [0.2, 0.25) is 0 Å². The third kappa shape index (κ3) is 3.21. The molecular formula is C19H16N2O2. The number of rotatable bonds is 3. The molecule has 114 valence electrons. The molecule has 0 saturated heterocycles. The van der Waals surface area contributed by atoms with E-state index in [2.05, 4.69) is 10.5 Å². The van der Waals surface area contributed by atoms with E-state index in [9.17, 15) is 9.90 Å². The van der Waals surface area contributed by atoms with E-state index < -0.39 is 5.91 Å². The van der Waals surface area contributed by atoms with Crippen molar-refractivity contribution in [1.82, 2.24) is 5.43 Å². The Balaban J connectivity index is 1.85. The summed E-state index contributed by atoms with van der Waals surface area (Å²) in [6, 6.07) is 20.4. The van der Waals surface area contributed by atoms with E-state index in [0.29, 0.717) is 5.71 Å². The lowest BCUT2D eigenvalue weighted by atomic mass is 10.1. The molecule has 0 fully saturated rings. The number of hydrogen-bond donors (Lipinski definition) is 2. The lowest BCUT2D eigenvalue weighted by Crippen LogP contribution is -2.19. The van der Waals surface area contributed by atoms with Crippen LogP contribution in [0.1, 0.15) is 22.8 Å². The van der Waals surface area contributed by atoms with Crippen LogP contribution in [0.15, 0.2) is 71.8 Å². The van der Waals surface area contributed by atoms with E-state index >= 15 is 0 Å². The molecule has 0 spiro atoms. The normalized spacial score (nSPS) is 11.4. The fourth-order valence-corrected chi connectivity index (χ4v) is 2.35. The number of fused-ring (bicyclic) bond motifs is 1. The third-order valence-electron chi connectivity index (χ3n) is 3.63. The summed E-state index contributed by atoms with van der Waals surface area (Å²) >= 11 is 0. The fourth-order valence-electron chi connectivity index (χ4n) is 2.35. The van der Waals surface area contributed by atoms with Gasteiger partial charge in [-0.15, -0.1) is 0 Å². The van der Waals surface area contributed by atoms with Crippen LogP contribution in [-0.4, -0.2) is 16.7 Å². The zero-order valence-electron chi connectivity index (χ0n) is 12.7. The zero-order chi connectivity index (χ0) is 16.2. The Morgan fingerprint density at radius 1 is 0.957 bits per heavy atom. The predicted octanol–water partition coefficient (Wildman–Crippen LogP) is 3.70. The van der Waals surface area contributed by atoms with Crippen LogP contribution in [0.4, 0.5) is 0 Å². The van der Waals surface area contributed by atoms with Gasteiger partial charge in [0.05, 0.1) is 11.3 Å². The van der Waals surface area contributed by atoms with Crippen molar-refractivity contribution in [2.45, 2.75) is 6.92 Å². The maximum atomic E-state index is 12.3. The first-order valence-electron chi connectivity index (χ1n) is 7.27. The summed E-state index contributed by atoms with van der Waals surface area (Å²) in [5, 5.41) is 15.9. The van der Waals surface area contributed by atoms with Gasteiger partial charge in [-0.25, -0.2) is 5.43 Å². The minimum absolute atomic E-state index is 0.0613. The van der Waals surface area contributed by atoms with Crippen LogP contribution < -0.4 is 5.43 Å². The molecule has 0 radical (unpaired) electrons. The maximum Gasteiger partial charge on any atom is 0.275 e. The zero-order valence-corrected chi connectivity index (χ0v) is 12.7. The molecule has 0 heterocycles. The molecule has 0 aliphatic rings. The number of aromatic hydroxyl groups is 1. The van der Waals surface area contributed by atoms with Crippen molar-refractivity contribution >= 4 is 22.4 Å². The maximum absolute atomic E-state index is 12.3. The smallest absolute Gasteiger partial charge is 0.275 e. The van der Waals surface area contributed by atoms with Gasteiger partial charge in [-0.05, 0) is 35.4 Å². The standard InChI is InChI=1S/C19H16N2O2/c1-13(14-7-3-2-4-8-14)20-21-19(23)17-11-15-9-5-6-10-16(15)12-18(17)22/h2-12,22H,1H3,(H,21,23). The molecule has 4 nitrogen and oxygen atoms in total. The van der Waals surface area contributed by atoms with Crippen LogP contribution in [0.3, 0.4) is 0 Å². The second-order valence-electron chi connectivity index (χ2n) is 5.22. The Morgan fingerprint density at radius 3 is 2.26 bits per heavy atom. The van der Waals surface area contributed by atoms with Gasteiger partial charge in [0.15, 0.2) is 0 Å². The Bertz CT molecular complexity index is 886. The minimum Gasteiger partial charge on any atom is -0.507 e. The largest absolute Gasteiger partial charge is 0.507 e. The third-order valence-corrected chi connectivity index (χ3v) is 3.63. The van der Waals surface area contributed by atoms with E-state index in [-0.39, 0.29) is 11.3 Å². The van der Waals surface area contributed by atoms with E-state index in [1.165, 1.54) is 0 Å². The monoisotopic (exact) mass is 304 g/mol. The number of hydrazone groups is 1. The van der Waals surface area contributed by atoms with Crippen molar-refractivity contribution in [1.29, 1.82) is 0 Å². The van der Waals surface area contributed by atoms with E-state index in [1.807, 2.05) is 61.5 Å². The minimum atomic E-state index is -0.441. The van der Waals surface area contributed by atoms with Gasteiger partial charge in [-0.3, -0.25) is 4.79 Å². The average molecular weight is 304 g/mol. The fraction of sp³-hybridized carbons (Fsp3) is 0.0526. The lowest BCUT2D eigenvalue weighted by molar-refractivity contribution is 0.0952. The number of carbonyl (C=O) groups excluding carboxylic acids is 1. The molecule has 3 aromatic carbocycles. The van der Waals surface area contributed by atoms with Crippen molar-refractivity contribution in [2.75, 3.05) is 0 Å². The predicted molar refractivity (Wildman–Crippen MR) is 91.7 cm³/mol. The summed E-state index contributed by atoms with van der Waals surface area (Å²) in [4.78, 5) is 12.3. The molecule has 0 atom stereocenters. The highest BCUT2D eigenvalue weighted by Crippen LogP contribution is 2.24. The summed E-state index contributed by atoms with van der Waals surface area (Å²) in [6.45, 7) is 1.82. The first-order valence-corrected chi connectivity index (χ1v) is 7.27. The number of hydrogen-bond acceptors (Lipinski definition) is 3. The Kier molecular flexibility index (Phi) is 4.06. The van der Waals surface area contributed by atoms with Gasteiger partial charge >= 0.3 is 0 Å². The summed E-state index contributed by atoms with van der Waals surface area (Å²) in [5.41, 5.74) is 4.31. The number of carbonyl (C=O) groups is 1. The van der Waals surface area contributed by atoms with Gasteiger partial charge in [0, 0.05) is 0 Å². The average Bonchev–Trinajstić information content (AvgIpc) is 2.59. The summed E-state index contributed by atoms with van der Waals surface area (Å²) in [5.74, 6) is -0.503. The summed E-state index contributed by atoms with van der Waals surface area (Å²) in [7, 11) is 0. The molecule has 0 aliphatic carbocycles. The summed E-state index contributed by atoms with van der Waals surface area (Å²) < 4.78 is 0. The van der Waals surface area contributed by atoms with Gasteiger partial charge in [-0.2, -0.15) is 5.10 Å². The highest BCUT2D eigenvalue weighted by molar-refractivity contribution is 6.03. The number of nitrogens with zero attached hydrogens (tertiary/aromatic N) is 1. The topological polar surface area (TPSA) is 61.7 Å². The second-order valence-corrected chi connectivity index (χ2v) is 5.22. The van der Waals surface area contributed by atoms with Gasteiger partial charge in [0.2, 0.25) is 0 Å². The van der Waals surface area contributed by atoms with E-state index in [4.69, 9.17) is 0 Å². The van der Waals surface area contributed by atoms with Gasteiger partial charge in [0.25, 0.3) is 5.91 Å². The van der Waals surface area contributed by atoms with Crippen molar-refractivity contribution in [3.63, 3.8) is 0 Å². The Labute approximate surface area is 134 Å². The lowest BCUT2D eigenvalue weighted by Gasteiger charge is -2.07. The van der Waals surface area contributed by atoms with Crippen molar-refractivity contribution in [3.05, 3.63) is 77.9 Å². The number of amides is 1. The van der Waals surface area contributed by atoms with Crippen molar-refractivity contribution < 1.29 is 9.90 Å². The molecule has 0 aliphatic heterocycles. The molecule has 0 saturated carbocycles. The SMILES string of the molecule is CC(=NNC(=O)c1cc2ccccc2cc1O)c1ccccc1. The first-order chi connectivity index (χ1) is 11.1. The Morgan fingerprint density at radius 2 is 1.57 bits per heavy atom.